The highest BCUT2D eigenvalue weighted by molar-refractivity contribution is 8.00. The van der Waals surface area contributed by atoms with Gasteiger partial charge in [0.05, 0.1) is 10.7 Å². The molecule has 2 aromatic rings. The molecule has 2 aromatic carbocycles. The maximum Gasteiger partial charge on any atom is 0.270 e. The summed E-state index contributed by atoms with van der Waals surface area (Å²) in [6.45, 7) is 0. The largest absolute Gasteiger partial charge is 0.293 e. The zero-order chi connectivity index (χ0) is 13.7. The Morgan fingerprint density at radius 1 is 1.11 bits per heavy atom. The minimum absolute atomic E-state index is 0.0597. The molecule has 0 aliphatic heterocycles. The van der Waals surface area contributed by atoms with Crippen LogP contribution in [0.4, 0.5) is 5.69 Å². The molecule has 5 heteroatoms. The maximum atomic E-state index is 11.9. The van der Waals surface area contributed by atoms with Gasteiger partial charge in [0.2, 0.25) is 0 Å². The first-order valence-corrected chi connectivity index (χ1v) is 6.61. The lowest BCUT2D eigenvalue weighted by molar-refractivity contribution is -0.384. The van der Waals surface area contributed by atoms with Gasteiger partial charge in [-0.05, 0) is 12.1 Å². The average Bonchev–Trinajstić information content (AvgIpc) is 2.46. The van der Waals surface area contributed by atoms with E-state index in [2.05, 4.69) is 0 Å². The Labute approximate surface area is 114 Å². The number of thioether (sulfide) groups is 1. The Balaban J connectivity index is 2.04. The normalized spacial score (nSPS) is 10.1. The van der Waals surface area contributed by atoms with Crippen LogP contribution in [0, 0.1) is 10.1 Å². The summed E-state index contributed by atoms with van der Waals surface area (Å²) in [6.07, 6.45) is 0. The minimum Gasteiger partial charge on any atom is -0.293 e. The molecule has 0 saturated carbocycles. The van der Waals surface area contributed by atoms with Gasteiger partial charge in [-0.1, -0.05) is 30.3 Å². The van der Waals surface area contributed by atoms with E-state index in [-0.39, 0.29) is 17.2 Å². The molecule has 0 heterocycles. The predicted molar refractivity (Wildman–Crippen MR) is 74.6 cm³/mol. The van der Waals surface area contributed by atoms with E-state index in [0.717, 1.165) is 4.90 Å². The van der Waals surface area contributed by atoms with Crippen LogP contribution in [0.3, 0.4) is 0 Å². The van der Waals surface area contributed by atoms with Crippen molar-refractivity contribution in [2.24, 2.45) is 0 Å². The monoisotopic (exact) mass is 273 g/mol. The van der Waals surface area contributed by atoms with Crippen LogP contribution in [0.2, 0.25) is 0 Å². The summed E-state index contributed by atoms with van der Waals surface area (Å²) in [5.41, 5.74) is 0.313. The number of rotatable bonds is 5. The first-order valence-electron chi connectivity index (χ1n) is 5.62. The first-order chi connectivity index (χ1) is 9.16. The fraction of sp³-hybridized carbons (Fsp3) is 0.0714. The second-order valence-corrected chi connectivity index (χ2v) is 4.88. The Morgan fingerprint density at radius 3 is 2.53 bits per heavy atom. The molecule has 19 heavy (non-hydrogen) atoms. The molecule has 0 aliphatic carbocycles. The van der Waals surface area contributed by atoms with Crippen molar-refractivity contribution >= 4 is 23.2 Å². The van der Waals surface area contributed by atoms with Crippen molar-refractivity contribution < 1.29 is 9.72 Å². The number of non-ortho nitro benzene ring substituents is 1. The summed E-state index contributed by atoms with van der Waals surface area (Å²) >= 11 is 1.42. The molecule has 0 atom stereocenters. The summed E-state index contributed by atoms with van der Waals surface area (Å²) in [5, 5.41) is 10.6. The zero-order valence-corrected chi connectivity index (χ0v) is 10.8. The van der Waals surface area contributed by atoms with E-state index in [1.807, 2.05) is 30.3 Å². The summed E-state index contributed by atoms with van der Waals surface area (Å²) in [6, 6.07) is 15.4. The number of Topliss-reactive ketones (excluding diaryl/α,β-unsaturated/α-hetero) is 1. The van der Waals surface area contributed by atoms with E-state index in [1.165, 1.54) is 30.0 Å². The van der Waals surface area contributed by atoms with E-state index in [0.29, 0.717) is 5.56 Å². The molecule has 2 rings (SSSR count). The third kappa shape index (κ3) is 3.66. The maximum absolute atomic E-state index is 11.9. The van der Waals surface area contributed by atoms with Crippen LogP contribution in [0.1, 0.15) is 10.4 Å². The highest BCUT2D eigenvalue weighted by atomic mass is 32.2. The molecule has 0 bridgehead atoms. The summed E-state index contributed by atoms with van der Waals surface area (Å²) < 4.78 is 0. The molecule has 0 amide bonds. The highest BCUT2D eigenvalue weighted by Crippen LogP contribution is 2.20. The van der Waals surface area contributed by atoms with Gasteiger partial charge in [-0.15, -0.1) is 11.8 Å². The van der Waals surface area contributed by atoms with Crippen LogP contribution >= 0.6 is 11.8 Å². The Morgan fingerprint density at radius 2 is 1.84 bits per heavy atom. The van der Waals surface area contributed by atoms with E-state index >= 15 is 0 Å². The van der Waals surface area contributed by atoms with E-state index in [9.17, 15) is 14.9 Å². The second-order valence-electron chi connectivity index (χ2n) is 3.83. The number of ketones is 1. The molecule has 0 radical (unpaired) electrons. The van der Waals surface area contributed by atoms with Crippen LogP contribution in [-0.2, 0) is 0 Å². The molecule has 0 spiro atoms. The molecule has 4 nitrogen and oxygen atoms in total. The molecule has 0 aliphatic rings. The fourth-order valence-corrected chi connectivity index (χ4v) is 2.36. The van der Waals surface area contributed by atoms with Crippen molar-refractivity contribution in [3.63, 3.8) is 0 Å². The lowest BCUT2D eigenvalue weighted by atomic mass is 10.1. The summed E-state index contributed by atoms with van der Waals surface area (Å²) in [7, 11) is 0. The average molecular weight is 273 g/mol. The Kier molecular flexibility index (Phi) is 4.30. The number of nitro benzene ring substituents is 1. The van der Waals surface area contributed by atoms with Crippen LogP contribution in [0.5, 0.6) is 0 Å². The van der Waals surface area contributed by atoms with Gasteiger partial charge in [-0.3, -0.25) is 14.9 Å². The molecule has 0 fully saturated rings. The van der Waals surface area contributed by atoms with Crippen LogP contribution in [0.15, 0.2) is 59.5 Å². The van der Waals surface area contributed by atoms with Gasteiger partial charge in [0.15, 0.2) is 5.78 Å². The van der Waals surface area contributed by atoms with Crippen molar-refractivity contribution in [3.8, 4) is 0 Å². The fourth-order valence-electron chi connectivity index (χ4n) is 1.54. The molecular weight excluding hydrogens is 262 g/mol. The molecule has 0 aromatic heterocycles. The quantitative estimate of drug-likeness (QED) is 0.361. The van der Waals surface area contributed by atoms with Gasteiger partial charge in [0, 0.05) is 22.6 Å². The van der Waals surface area contributed by atoms with Crippen LogP contribution < -0.4 is 0 Å². The Bertz CT molecular complexity index is 599. The number of benzene rings is 2. The molecule has 96 valence electrons. The third-order valence-electron chi connectivity index (χ3n) is 2.49. The SMILES string of the molecule is O=C(CSc1ccccc1)c1cccc([N+](=O)[O-])c1. The number of hydrogen-bond acceptors (Lipinski definition) is 4. The topological polar surface area (TPSA) is 60.2 Å². The molecule has 0 unspecified atom stereocenters. The molecular formula is C14H11NO3S. The van der Waals surface area contributed by atoms with Crippen molar-refractivity contribution in [3.05, 3.63) is 70.3 Å². The van der Waals surface area contributed by atoms with Gasteiger partial charge in [-0.25, -0.2) is 0 Å². The van der Waals surface area contributed by atoms with Crippen molar-refractivity contribution in [1.82, 2.24) is 0 Å². The van der Waals surface area contributed by atoms with Gasteiger partial charge < -0.3 is 0 Å². The van der Waals surface area contributed by atoms with Gasteiger partial charge in [0.25, 0.3) is 5.69 Å². The molecule has 0 N–H and O–H groups in total. The minimum atomic E-state index is -0.499. The van der Waals surface area contributed by atoms with Gasteiger partial charge in [0.1, 0.15) is 0 Å². The molecule has 0 saturated heterocycles. The van der Waals surface area contributed by atoms with Gasteiger partial charge >= 0.3 is 0 Å². The van der Waals surface area contributed by atoms with Gasteiger partial charge in [-0.2, -0.15) is 0 Å². The number of nitrogens with zero attached hydrogens (tertiary/aromatic N) is 1. The first kappa shape index (κ1) is 13.3. The second kappa shape index (κ2) is 6.15. The zero-order valence-electron chi connectivity index (χ0n) is 9.98. The van der Waals surface area contributed by atoms with E-state index in [1.54, 1.807) is 6.07 Å². The van der Waals surface area contributed by atoms with Crippen LogP contribution in [0.25, 0.3) is 0 Å². The van der Waals surface area contributed by atoms with Crippen molar-refractivity contribution in [2.75, 3.05) is 5.75 Å². The van der Waals surface area contributed by atoms with Crippen molar-refractivity contribution in [2.45, 2.75) is 4.90 Å². The standard InChI is InChI=1S/C14H11NO3S/c16-14(10-19-13-7-2-1-3-8-13)11-5-4-6-12(9-11)15(17)18/h1-9H,10H2. The highest BCUT2D eigenvalue weighted by Gasteiger charge is 2.11. The van der Waals surface area contributed by atoms with Crippen molar-refractivity contribution in [1.29, 1.82) is 0 Å². The number of carbonyl (C=O) groups excluding carboxylic acids is 1. The number of hydrogen-bond donors (Lipinski definition) is 0. The third-order valence-corrected chi connectivity index (χ3v) is 3.50. The van der Waals surface area contributed by atoms with Crippen LogP contribution in [-0.4, -0.2) is 16.5 Å². The number of nitro groups is 1. The Hall–Kier alpha value is -2.14. The number of carbonyl (C=O) groups is 1. The van der Waals surface area contributed by atoms with E-state index < -0.39 is 4.92 Å². The predicted octanol–water partition coefficient (Wildman–Crippen LogP) is 3.57. The lowest BCUT2D eigenvalue weighted by Gasteiger charge is -2.01. The lowest BCUT2D eigenvalue weighted by Crippen LogP contribution is -2.03. The summed E-state index contributed by atoms with van der Waals surface area (Å²) in [4.78, 5) is 23.1. The smallest absolute Gasteiger partial charge is 0.270 e. The summed E-state index contributed by atoms with van der Waals surface area (Å²) in [5.74, 6) is 0.156. The van der Waals surface area contributed by atoms with E-state index in [4.69, 9.17) is 0 Å².